The fraction of sp³-hybridized carbons (Fsp3) is 0.917. The first-order chi connectivity index (χ1) is 8.27. The summed E-state index contributed by atoms with van der Waals surface area (Å²) in [7, 11) is 0. The van der Waals surface area contributed by atoms with Gasteiger partial charge in [-0.05, 0) is 25.7 Å². The maximum Gasteiger partial charge on any atom is 0.410 e. The number of ether oxygens (including phenoxy) is 3. The topological polar surface area (TPSA) is 48.0 Å². The number of hydrogen-bond donors (Lipinski definition) is 0. The number of likely N-dealkylation sites (tertiary alicyclic amines) is 1. The smallest absolute Gasteiger partial charge is 0.410 e. The first-order valence-corrected chi connectivity index (χ1v) is 6.51. The lowest BCUT2D eigenvalue weighted by molar-refractivity contribution is -0.144. The van der Waals surface area contributed by atoms with Crippen LogP contribution < -0.4 is 0 Å². The Kier molecular flexibility index (Phi) is 2.96. The summed E-state index contributed by atoms with van der Waals surface area (Å²) in [5, 5.41) is 0. The molecule has 0 aromatic carbocycles. The minimum absolute atomic E-state index is 0.129. The van der Waals surface area contributed by atoms with Gasteiger partial charge >= 0.3 is 6.09 Å². The SMILES string of the molecule is O=C(OC1CCCC1)N1CCC2(C1)OCCO2. The Balaban J connectivity index is 1.53. The van der Waals surface area contributed by atoms with E-state index >= 15 is 0 Å². The number of hydrogen-bond acceptors (Lipinski definition) is 4. The molecule has 3 rings (SSSR count). The van der Waals surface area contributed by atoms with Gasteiger partial charge in [0.2, 0.25) is 0 Å². The van der Waals surface area contributed by atoms with Gasteiger partial charge in [-0.25, -0.2) is 4.79 Å². The van der Waals surface area contributed by atoms with E-state index in [1.54, 1.807) is 4.90 Å². The molecule has 0 N–H and O–H groups in total. The van der Waals surface area contributed by atoms with Crippen LogP contribution in [0.3, 0.4) is 0 Å². The van der Waals surface area contributed by atoms with Crippen molar-refractivity contribution in [3.05, 3.63) is 0 Å². The van der Waals surface area contributed by atoms with E-state index in [-0.39, 0.29) is 12.2 Å². The molecule has 2 heterocycles. The van der Waals surface area contributed by atoms with Crippen LogP contribution in [-0.2, 0) is 14.2 Å². The first kappa shape index (κ1) is 11.3. The quantitative estimate of drug-likeness (QED) is 0.698. The Bertz CT molecular complexity index is 295. The Morgan fingerprint density at radius 1 is 1.24 bits per heavy atom. The van der Waals surface area contributed by atoms with Gasteiger partial charge in [0.15, 0.2) is 5.79 Å². The highest BCUT2D eigenvalue weighted by Crippen LogP contribution is 2.31. The normalized spacial score (nSPS) is 28.1. The Morgan fingerprint density at radius 3 is 2.65 bits per heavy atom. The Morgan fingerprint density at radius 2 is 1.94 bits per heavy atom. The summed E-state index contributed by atoms with van der Waals surface area (Å²) in [6, 6.07) is 0. The second-order valence-electron chi connectivity index (χ2n) is 5.07. The molecule has 3 aliphatic rings. The average Bonchev–Trinajstić information content (AvgIpc) is 3.03. The molecule has 0 radical (unpaired) electrons. The molecule has 1 amide bonds. The molecule has 2 saturated heterocycles. The summed E-state index contributed by atoms with van der Waals surface area (Å²) in [4.78, 5) is 13.6. The number of carbonyl (C=O) groups is 1. The minimum atomic E-state index is -0.533. The van der Waals surface area contributed by atoms with Gasteiger partial charge in [-0.1, -0.05) is 0 Å². The molecule has 3 fully saturated rings. The van der Waals surface area contributed by atoms with E-state index in [9.17, 15) is 4.79 Å². The van der Waals surface area contributed by atoms with Crippen LogP contribution in [0.2, 0.25) is 0 Å². The summed E-state index contributed by atoms with van der Waals surface area (Å²) in [6.45, 7) is 2.45. The molecular weight excluding hydrogens is 222 g/mol. The monoisotopic (exact) mass is 241 g/mol. The van der Waals surface area contributed by atoms with Crippen LogP contribution >= 0.6 is 0 Å². The van der Waals surface area contributed by atoms with E-state index in [0.717, 1.165) is 19.3 Å². The highest BCUT2D eigenvalue weighted by atomic mass is 16.7. The van der Waals surface area contributed by atoms with Crippen molar-refractivity contribution in [2.24, 2.45) is 0 Å². The second kappa shape index (κ2) is 4.46. The second-order valence-corrected chi connectivity index (χ2v) is 5.07. The maximum absolute atomic E-state index is 11.9. The molecular formula is C12H19NO4. The van der Waals surface area contributed by atoms with E-state index in [1.807, 2.05) is 0 Å². The van der Waals surface area contributed by atoms with Crippen molar-refractivity contribution in [2.75, 3.05) is 26.3 Å². The first-order valence-electron chi connectivity index (χ1n) is 6.51. The third-order valence-corrected chi connectivity index (χ3v) is 3.84. The molecule has 2 aliphatic heterocycles. The van der Waals surface area contributed by atoms with Crippen LogP contribution in [0.1, 0.15) is 32.1 Å². The van der Waals surface area contributed by atoms with Crippen molar-refractivity contribution in [3.63, 3.8) is 0 Å². The summed E-state index contributed by atoms with van der Waals surface area (Å²) >= 11 is 0. The maximum atomic E-state index is 11.9. The van der Waals surface area contributed by atoms with E-state index in [0.29, 0.717) is 26.3 Å². The predicted octanol–water partition coefficient (Wildman–Crippen LogP) is 1.51. The average molecular weight is 241 g/mol. The number of amides is 1. The van der Waals surface area contributed by atoms with Gasteiger partial charge in [0.1, 0.15) is 6.10 Å². The fourth-order valence-corrected chi connectivity index (χ4v) is 2.87. The lowest BCUT2D eigenvalue weighted by Gasteiger charge is -2.23. The molecule has 0 bridgehead atoms. The molecule has 1 aliphatic carbocycles. The Hall–Kier alpha value is -0.810. The molecule has 1 spiro atoms. The molecule has 0 aromatic rings. The van der Waals surface area contributed by atoms with Crippen molar-refractivity contribution in [1.82, 2.24) is 4.90 Å². The van der Waals surface area contributed by atoms with Gasteiger partial charge in [0.05, 0.1) is 19.8 Å². The third-order valence-electron chi connectivity index (χ3n) is 3.84. The lowest BCUT2D eigenvalue weighted by Crippen LogP contribution is -2.38. The van der Waals surface area contributed by atoms with Crippen LogP contribution in [0.5, 0.6) is 0 Å². The molecule has 5 heteroatoms. The summed E-state index contributed by atoms with van der Waals surface area (Å²) < 4.78 is 16.6. The van der Waals surface area contributed by atoms with E-state index < -0.39 is 5.79 Å². The number of carbonyl (C=O) groups excluding carboxylic acids is 1. The van der Waals surface area contributed by atoms with Crippen molar-refractivity contribution in [3.8, 4) is 0 Å². The minimum Gasteiger partial charge on any atom is -0.446 e. The summed E-state index contributed by atoms with van der Waals surface area (Å²) in [5.41, 5.74) is 0. The van der Waals surface area contributed by atoms with Gasteiger partial charge in [-0.2, -0.15) is 0 Å². The lowest BCUT2D eigenvalue weighted by atomic mass is 10.2. The molecule has 0 aromatic heterocycles. The van der Waals surface area contributed by atoms with Gasteiger partial charge in [0, 0.05) is 13.0 Å². The molecule has 96 valence electrons. The summed E-state index contributed by atoms with van der Waals surface area (Å²) in [5.74, 6) is -0.533. The molecule has 0 atom stereocenters. The zero-order valence-electron chi connectivity index (χ0n) is 10.0. The molecule has 17 heavy (non-hydrogen) atoms. The van der Waals surface area contributed by atoms with Crippen LogP contribution in [0.4, 0.5) is 4.79 Å². The molecule has 0 unspecified atom stereocenters. The number of nitrogens with zero attached hydrogens (tertiary/aromatic N) is 1. The highest BCUT2D eigenvalue weighted by Gasteiger charge is 2.45. The highest BCUT2D eigenvalue weighted by molar-refractivity contribution is 5.68. The van der Waals surface area contributed by atoms with Crippen LogP contribution in [0, 0.1) is 0 Å². The van der Waals surface area contributed by atoms with Crippen molar-refractivity contribution in [2.45, 2.75) is 44.0 Å². The van der Waals surface area contributed by atoms with E-state index in [4.69, 9.17) is 14.2 Å². The van der Waals surface area contributed by atoms with E-state index in [2.05, 4.69) is 0 Å². The van der Waals surface area contributed by atoms with E-state index in [1.165, 1.54) is 12.8 Å². The van der Waals surface area contributed by atoms with Crippen LogP contribution in [0.15, 0.2) is 0 Å². The molecule has 5 nitrogen and oxygen atoms in total. The van der Waals surface area contributed by atoms with Crippen molar-refractivity contribution in [1.29, 1.82) is 0 Å². The predicted molar refractivity (Wildman–Crippen MR) is 59.6 cm³/mol. The standard InChI is InChI=1S/C12H19NO4/c14-11(17-10-3-1-2-4-10)13-6-5-12(9-13)15-7-8-16-12/h10H,1-9H2. The van der Waals surface area contributed by atoms with Gasteiger partial charge in [-0.15, -0.1) is 0 Å². The zero-order valence-corrected chi connectivity index (χ0v) is 10.0. The summed E-state index contributed by atoms with van der Waals surface area (Å²) in [6.07, 6.45) is 5.06. The van der Waals surface area contributed by atoms with Crippen molar-refractivity contribution >= 4 is 6.09 Å². The largest absolute Gasteiger partial charge is 0.446 e. The van der Waals surface area contributed by atoms with Crippen LogP contribution in [0.25, 0.3) is 0 Å². The molecule has 1 saturated carbocycles. The third kappa shape index (κ3) is 2.26. The zero-order chi connectivity index (χ0) is 11.7. The number of rotatable bonds is 1. The van der Waals surface area contributed by atoms with Crippen molar-refractivity contribution < 1.29 is 19.0 Å². The fourth-order valence-electron chi connectivity index (χ4n) is 2.87. The van der Waals surface area contributed by atoms with Gasteiger partial charge in [0.25, 0.3) is 0 Å². The van der Waals surface area contributed by atoms with Crippen LogP contribution in [-0.4, -0.2) is 49.2 Å². The Labute approximate surface area is 101 Å². The van der Waals surface area contributed by atoms with Gasteiger partial charge < -0.3 is 19.1 Å². The van der Waals surface area contributed by atoms with Gasteiger partial charge in [-0.3, -0.25) is 0 Å².